The predicted octanol–water partition coefficient (Wildman–Crippen LogP) is 3.39. The van der Waals surface area contributed by atoms with Crippen molar-refractivity contribution in [2.45, 2.75) is 40.2 Å². The fourth-order valence-electron chi connectivity index (χ4n) is 1.77. The Balaban J connectivity index is 2.74. The third-order valence-electron chi connectivity index (χ3n) is 3.12. The first-order valence-electron chi connectivity index (χ1n) is 6.74. The molecule has 1 aromatic rings. The zero-order valence-corrected chi connectivity index (χ0v) is 11.6. The molecule has 1 aromatic carbocycles. The van der Waals surface area contributed by atoms with E-state index in [1.54, 1.807) is 0 Å². The first kappa shape index (κ1) is 14.8. The van der Waals surface area contributed by atoms with Crippen LogP contribution in [0.15, 0.2) is 18.2 Å². The highest BCUT2D eigenvalue weighted by molar-refractivity contribution is 5.42. The standard InChI is InChI=1S/C15H24O3/c1-4-12(5-2)11-18-14-8-7-13(10-16)9-15(14)17-6-3/h7-9,12,16H,4-6,10-11H2,1-3H3. The van der Waals surface area contributed by atoms with Crippen molar-refractivity contribution in [3.63, 3.8) is 0 Å². The van der Waals surface area contributed by atoms with Crippen LogP contribution in [-0.4, -0.2) is 18.3 Å². The summed E-state index contributed by atoms with van der Waals surface area (Å²) in [5.74, 6) is 2.06. The van der Waals surface area contributed by atoms with E-state index < -0.39 is 0 Å². The summed E-state index contributed by atoms with van der Waals surface area (Å²) < 4.78 is 11.4. The van der Waals surface area contributed by atoms with E-state index in [-0.39, 0.29) is 6.61 Å². The molecule has 18 heavy (non-hydrogen) atoms. The van der Waals surface area contributed by atoms with Crippen LogP contribution in [0, 0.1) is 5.92 Å². The SMILES string of the molecule is CCOc1cc(CO)ccc1OCC(CC)CC. The summed E-state index contributed by atoms with van der Waals surface area (Å²) in [7, 11) is 0. The zero-order valence-electron chi connectivity index (χ0n) is 11.6. The lowest BCUT2D eigenvalue weighted by Gasteiger charge is -2.16. The average Bonchev–Trinajstić information content (AvgIpc) is 2.41. The molecule has 0 bridgehead atoms. The summed E-state index contributed by atoms with van der Waals surface area (Å²) in [5.41, 5.74) is 0.841. The van der Waals surface area contributed by atoms with Crippen molar-refractivity contribution in [1.82, 2.24) is 0 Å². The van der Waals surface area contributed by atoms with Gasteiger partial charge in [0.25, 0.3) is 0 Å². The van der Waals surface area contributed by atoms with Crippen LogP contribution in [0.3, 0.4) is 0 Å². The van der Waals surface area contributed by atoms with Gasteiger partial charge in [0.2, 0.25) is 0 Å². The van der Waals surface area contributed by atoms with E-state index in [2.05, 4.69) is 13.8 Å². The summed E-state index contributed by atoms with van der Waals surface area (Å²) in [6, 6.07) is 5.58. The molecule has 0 radical (unpaired) electrons. The van der Waals surface area contributed by atoms with Crippen molar-refractivity contribution in [3.05, 3.63) is 23.8 Å². The van der Waals surface area contributed by atoms with Crippen molar-refractivity contribution in [3.8, 4) is 11.5 Å². The van der Waals surface area contributed by atoms with Crippen molar-refractivity contribution >= 4 is 0 Å². The van der Waals surface area contributed by atoms with Gasteiger partial charge in [0.05, 0.1) is 19.8 Å². The van der Waals surface area contributed by atoms with Gasteiger partial charge in [-0.1, -0.05) is 32.8 Å². The number of hydrogen-bond donors (Lipinski definition) is 1. The van der Waals surface area contributed by atoms with Gasteiger partial charge in [-0.05, 0) is 30.5 Å². The highest BCUT2D eigenvalue weighted by Crippen LogP contribution is 2.29. The molecule has 0 aliphatic heterocycles. The molecule has 0 atom stereocenters. The minimum atomic E-state index is 0.0207. The maximum atomic E-state index is 9.12. The predicted molar refractivity (Wildman–Crippen MR) is 73.1 cm³/mol. The fourth-order valence-corrected chi connectivity index (χ4v) is 1.77. The molecule has 1 rings (SSSR count). The van der Waals surface area contributed by atoms with Crippen LogP contribution >= 0.6 is 0 Å². The number of ether oxygens (including phenoxy) is 2. The van der Waals surface area contributed by atoms with Gasteiger partial charge in [-0.25, -0.2) is 0 Å². The first-order valence-corrected chi connectivity index (χ1v) is 6.74. The van der Waals surface area contributed by atoms with Gasteiger partial charge < -0.3 is 14.6 Å². The summed E-state index contributed by atoms with van der Waals surface area (Å²) in [5, 5.41) is 9.12. The van der Waals surface area contributed by atoms with E-state index in [1.807, 2.05) is 25.1 Å². The molecule has 0 amide bonds. The van der Waals surface area contributed by atoms with Gasteiger partial charge in [0, 0.05) is 0 Å². The van der Waals surface area contributed by atoms with Gasteiger partial charge >= 0.3 is 0 Å². The highest BCUT2D eigenvalue weighted by atomic mass is 16.5. The number of benzene rings is 1. The monoisotopic (exact) mass is 252 g/mol. The van der Waals surface area contributed by atoms with Crippen LogP contribution in [0.5, 0.6) is 11.5 Å². The van der Waals surface area contributed by atoms with E-state index in [1.165, 1.54) is 0 Å². The molecule has 3 heteroatoms. The second-order valence-corrected chi connectivity index (χ2v) is 4.37. The molecule has 0 saturated heterocycles. The Bertz CT molecular complexity index is 346. The molecule has 0 saturated carbocycles. The van der Waals surface area contributed by atoms with Crippen molar-refractivity contribution < 1.29 is 14.6 Å². The largest absolute Gasteiger partial charge is 0.490 e. The number of aliphatic hydroxyl groups excluding tert-OH is 1. The second kappa shape index (κ2) is 7.98. The molecule has 0 spiro atoms. The molecule has 0 unspecified atom stereocenters. The molecule has 0 aromatic heterocycles. The lowest BCUT2D eigenvalue weighted by Crippen LogP contribution is -2.11. The number of aliphatic hydroxyl groups is 1. The summed E-state index contributed by atoms with van der Waals surface area (Å²) in [4.78, 5) is 0. The molecule has 0 fully saturated rings. The lowest BCUT2D eigenvalue weighted by molar-refractivity contribution is 0.224. The zero-order chi connectivity index (χ0) is 13.4. The maximum absolute atomic E-state index is 9.12. The fraction of sp³-hybridized carbons (Fsp3) is 0.600. The van der Waals surface area contributed by atoms with Gasteiger partial charge in [0.1, 0.15) is 0 Å². The molecular formula is C15H24O3. The minimum absolute atomic E-state index is 0.0207. The number of rotatable bonds is 8. The van der Waals surface area contributed by atoms with Crippen LogP contribution in [0.2, 0.25) is 0 Å². The Hall–Kier alpha value is -1.22. The molecule has 0 aliphatic rings. The minimum Gasteiger partial charge on any atom is -0.490 e. The topological polar surface area (TPSA) is 38.7 Å². The highest BCUT2D eigenvalue weighted by Gasteiger charge is 2.09. The second-order valence-electron chi connectivity index (χ2n) is 4.37. The van der Waals surface area contributed by atoms with E-state index in [0.29, 0.717) is 19.1 Å². The van der Waals surface area contributed by atoms with E-state index >= 15 is 0 Å². The smallest absolute Gasteiger partial charge is 0.161 e. The van der Waals surface area contributed by atoms with Gasteiger partial charge in [-0.3, -0.25) is 0 Å². The molecule has 0 heterocycles. The molecule has 0 aliphatic carbocycles. The summed E-state index contributed by atoms with van der Waals surface area (Å²) in [6.45, 7) is 7.62. The molecular weight excluding hydrogens is 228 g/mol. The van der Waals surface area contributed by atoms with Gasteiger partial charge in [-0.15, -0.1) is 0 Å². The van der Waals surface area contributed by atoms with Gasteiger partial charge in [0.15, 0.2) is 11.5 Å². The Morgan fingerprint density at radius 3 is 2.33 bits per heavy atom. The molecule has 3 nitrogen and oxygen atoms in total. The Labute approximate surface area is 110 Å². The molecule has 102 valence electrons. The van der Waals surface area contributed by atoms with E-state index in [4.69, 9.17) is 14.6 Å². The third-order valence-corrected chi connectivity index (χ3v) is 3.12. The summed E-state index contributed by atoms with van der Waals surface area (Å²) in [6.07, 6.45) is 2.24. The lowest BCUT2D eigenvalue weighted by atomic mass is 10.1. The van der Waals surface area contributed by atoms with Crippen LogP contribution in [0.25, 0.3) is 0 Å². The average molecular weight is 252 g/mol. The van der Waals surface area contributed by atoms with Crippen LogP contribution in [0.1, 0.15) is 39.2 Å². The van der Waals surface area contributed by atoms with Crippen LogP contribution < -0.4 is 9.47 Å². The number of hydrogen-bond acceptors (Lipinski definition) is 3. The normalized spacial score (nSPS) is 10.7. The Morgan fingerprint density at radius 1 is 1.06 bits per heavy atom. The van der Waals surface area contributed by atoms with Gasteiger partial charge in [-0.2, -0.15) is 0 Å². The quantitative estimate of drug-likeness (QED) is 0.770. The Morgan fingerprint density at radius 2 is 1.78 bits per heavy atom. The third kappa shape index (κ3) is 4.22. The van der Waals surface area contributed by atoms with Crippen molar-refractivity contribution in [1.29, 1.82) is 0 Å². The van der Waals surface area contributed by atoms with E-state index in [0.717, 1.165) is 29.9 Å². The Kier molecular flexibility index (Phi) is 6.58. The van der Waals surface area contributed by atoms with Crippen molar-refractivity contribution in [2.75, 3.05) is 13.2 Å². The van der Waals surface area contributed by atoms with Crippen LogP contribution in [0.4, 0.5) is 0 Å². The van der Waals surface area contributed by atoms with Crippen LogP contribution in [-0.2, 0) is 6.61 Å². The van der Waals surface area contributed by atoms with Crippen molar-refractivity contribution in [2.24, 2.45) is 5.92 Å². The summed E-state index contributed by atoms with van der Waals surface area (Å²) >= 11 is 0. The molecule has 1 N–H and O–H groups in total. The van der Waals surface area contributed by atoms with E-state index in [9.17, 15) is 0 Å². The maximum Gasteiger partial charge on any atom is 0.161 e. The first-order chi connectivity index (χ1) is 8.74.